The largest absolute Gasteiger partial charge is 0.497 e. The van der Waals surface area contributed by atoms with E-state index in [2.05, 4.69) is 41.4 Å². The highest BCUT2D eigenvalue weighted by atomic mass is 16.5. The van der Waals surface area contributed by atoms with Crippen LogP contribution in [0, 0.1) is 19.8 Å². The molecule has 3 aromatic rings. The first-order valence-electron chi connectivity index (χ1n) is 10.2. The van der Waals surface area contributed by atoms with E-state index in [9.17, 15) is 4.79 Å². The Morgan fingerprint density at radius 1 is 1.10 bits per heavy atom. The van der Waals surface area contributed by atoms with Crippen LogP contribution in [0.1, 0.15) is 54.6 Å². The van der Waals surface area contributed by atoms with E-state index in [1.807, 2.05) is 43.5 Å². The summed E-state index contributed by atoms with van der Waals surface area (Å²) in [5.74, 6) is 2.29. The Hall–Kier alpha value is -3.28. The van der Waals surface area contributed by atoms with Crippen LogP contribution in [0.2, 0.25) is 0 Å². The third-order valence-electron chi connectivity index (χ3n) is 5.50. The topological polar surface area (TPSA) is 69.4 Å². The van der Waals surface area contributed by atoms with E-state index in [-0.39, 0.29) is 18.1 Å². The van der Waals surface area contributed by atoms with Crippen molar-refractivity contribution in [2.45, 2.75) is 40.2 Å². The van der Waals surface area contributed by atoms with Crippen molar-refractivity contribution in [1.82, 2.24) is 14.8 Å². The summed E-state index contributed by atoms with van der Waals surface area (Å²) < 4.78 is 7.51. The molecule has 0 bridgehead atoms. The maximum Gasteiger partial charge on any atom is 0.162 e. The minimum atomic E-state index is -0.407. The predicted octanol–water partition coefficient (Wildman–Crippen LogP) is 4.40. The number of carbonyl (C=O) groups is 1. The van der Waals surface area contributed by atoms with E-state index >= 15 is 0 Å². The van der Waals surface area contributed by atoms with Gasteiger partial charge in [-0.1, -0.05) is 43.7 Å². The van der Waals surface area contributed by atoms with Crippen molar-refractivity contribution < 1.29 is 9.53 Å². The van der Waals surface area contributed by atoms with Gasteiger partial charge in [-0.3, -0.25) is 14.4 Å². The molecule has 2 aromatic carbocycles. The number of methoxy groups -OCH3 is 1. The van der Waals surface area contributed by atoms with E-state index < -0.39 is 6.04 Å². The Morgan fingerprint density at radius 3 is 2.50 bits per heavy atom. The number of hydrogen-bond acceptors (Lipinski definition) is 5. The normalized spacial score (nSPS) is 15.3. The standard InChI is InChI=1S/C24H26N4O2/c1-14(2)22(29)13-20-24-27-26-16(4)28(24)21-11-10-18(30-5)12-19(21)23(25-20)17-8-6-15(3)7-9-17/h6-12,14,20H,13H2,1-5H3. The Morgan fingerprint density at radius 2 is 1.83 bits per heavy atom. The van der Waals surface area contributed by atoms with Crippen molar-refractivity contribution in [3.63, 3.8) is 0 Å². The summed E-state index contributed by atoms with van der Waals surface area (Å²) in [5, 5.41) is 8.71. The van der Waals surface area contributed by atoms with Crippen molar-refractivity contribution in [3.05, 3.63) is 70.8 Å². The van der Waals surface area contributed by atoms with Crippen LogP contribution in [0.25, 0.3) is 5.69 Å². The lowest BCUT2D eigenvalue weighted by Gasteiger charge is -2.14. The maximum atomic E-state index is 12.7. The van der Waals surface area contributed by atoms with Gasteiger partial charge in [0, 0.05) is 23.5 Å². The fraction of sp³-hybridized carbons (Fsp3) is 0.333. The summed E-state index contributed by atoms with van der Waals surface area (Å²) in [6.45, 7) is 7.81. The van der Waals surface area contributed by atoms with E-state index in [0.717, 1.165) is 34.1 Å². The van der Waals surface area contributed by atoms with Crippen molar-refractivity contribution >= 4 is 11.5 Å². The Balaban J connectivity index is 1.98. The van der Waals surface area contributed by atoms with Crippen LogP contribution < -0.4 is 4.74 Å². The van der Waals surface area contributed by atoms with Gasteiger partial charge in [0.2, 0.25) is 0 Å². The molecule has 0 aliphatic carbocycles. The van der Waals surface area contributed by atoms with Crippen LogP contribution in [0.5, 0.6) is 5.75 Å². The highest BCUT2D eigenvalue weighted by Crippen LogP contribution is 2.34. The first kappa shape index (κ1) is 20.0. The third-order valence-corrected chi connectivity index (χ3v) is 5.50. The lowest BCUT2D eigenvalue weighted by Crippen LogP contribution is -2.14. The molecule has 0 saturated heterocycles. The number of Topliss-reactive ketones (excluding diaryl/α,β-unsaturated/α-hetero) is 1. The quantitative estimate of drug-likeness (QED) is 0.634. The van der Waals surface area contributed by atoms with Gasteiger partial charge in [-0.15, -0.1) is 10.2 Å². The number of rotatable bonds is 5. The highest BCUT2D eigenvalue weighted by molar-refractivity contribution is 6.15. The number of aliphatic imine (C=N–C) groups is 1. The third kappa shape index (κ3) is 3.54. The molecule has 4 rings (SSSR count). The molecular weight excluding hydrogens is 376 g/mol. The predicted molar refractivity (Wildman–Crippen MR) is 117 cm³/mol. The van der Waals surface area contributed by atoms with Crippen LogP contribution >= 0.6 is 0 Å². The number of ketones is 1. The van der Waals surface area contributed by atoms with Crippen molar-refractivity contribution in [3.8, 4) is 11.4 Å². The van der Waals surface area contributed by atoms with Gasteiger partial charge in [0.25, 0.3) is 0 Å². The monoisotopic (exact) mass is 402 g/mol. The number of aryl methyl sites for hydroxylation is 2. The Labute approximate surface area is 176 Å². The van der Waals surface area contributed by atoms with Gasteiger partial charge in [-0.05, 0) is 32.0 Å². The summed E-state index contributed by atoms with van der Waals surface area (Å²) in [5.41, 5.74) is 4.87. The summed E-state index contributed by atoms with van der Waals surface area (Å²) in [6, 6.07) is 13.8. The number of fused-ring (bicyclic) bond motifs is 3. The Kier molecular flexibility index (Phi) is 5.24. The van der Waals surface area contributed by atoms with Gasteiger partial charge >= 0.3 is 0 Å². The summed E-state index contributed by atoms with van der Waals surface area (Å²) in [6.07, 6.45) is 0.288. The number of nitrogens with zero attached hydrogens (tertiary/aromatic N) is 4. The molecule has 30 heavy (non-hydrogen) atoms. The molecule has 1 aliphatic rings. The van der Waals surface area contributed by atoms with Crippen molar-refractivity contribution in [2.24, 2.45) is 10.9 Å². The van der Waals surface area contributed by atoms with E-state index in [1.54, 1.807) is 7.11 Å². The molecule has 0 amide bonds. The molecule has 0 radical (unpaired) electrons. The minimum Gasteiger partial charge on any atom is -0.497 e. The number of aromatic nitrogens is 3. The van der Waals surface area contributed by atoms with Gasteiger partial charge in [0.15, 0.2) is 5.82 Å². The first-order valence-corrected chi connectivity index (χ1v) is 10.2. The van der Waals surface area contributed by atoms with Gasteiger partial charge in [-0.2, -0.15) is 0 Å². The van der Waals surface area contributed by atoms with Crippen molar-refractivity contribution in [2.75, 3.05) is 7.11 Å². The molecule has 6 heteroatoms. The summed E-state index contributed by atoms with van der Waals surface area (Å²) in [4.78, 5) is 17.7. The minimum absolute atomic E-state index is 0.0637. The van der Waals surface area contributed by atoms with Crippen LogP contribution in [-0.2, 0) is 4.79 Å². The molecule has 2 heterocycles. The first-order chi connectivity index (χ1) is 14.4. The number of ether oxygens (including phenoxy) is 1. The SMILES string of the molecule is COc1ccc2c(c1)C(c1ccc(C)cc1)=NC(CC(=O)C(C)C)c1nnc(C)n1-2. The molecule has 1 aliphatic heterocycles. The van der Waals surface area contributed by atoms with Gasteiger partial charge in [-0.25, -0.2) is 0 Å². The zero-order chi connectivity index (χ0) is 21.4. The number of hydrogen-bond donors (Lipinski definition) is 0. The smallest absolute Gasteiger partial charge is 0.162 e. The molecule has 0 spiro atoms. The molecule has 1 aromatic heterocycles. The van der Waals surface area contributed by atoms with E-state index in [1.165, 1.54) is 5.56 Å². The fourth-order valence-corrected chi connectivity index (χ4v) is 3.71. The lowest BCUT2D eigenvalue weighted by molar-refractivity contribution is -0.122. The maximum absolute atomic E-state index is 12.7. The molecule has 1 atom stereocenters. The zero-order valence-corrected chi connectivity index (χ0v) is 18.0. The van der Waals surface area contributed by atoms with E-state index in [0.29, 0.717) is 5.82 Å². The Bertz CT molecular complexity index is 1130. The van der Waals surface area contributed by atoms with Crippen LogP contribution in [0.4, 0.5) is 0 Å². The van der Waals surface area contributed by atoms with Crippen LogP contribution in [0.15, 0.2) is 47.5 Å². The molecule has 0 N–H and O–H groups in total. The molecule has 0 saturated carbocycles. The molecule has 0 fully saturated rings. The summed E-state index contributed by atoms with van der Waals surface area (Å²) in [7, 11) is 1.65. The number of benzene rings is 2. The zero-order valence-electron chi connectivity index (χ0n) is 18.0. The molecule has 1 unspecified atom stereocenters. The number of carbonyl (C=O) groups excluding carboxylic acids is 1. The average molecular weight is 402 g/mol. The average Bonchev–Trinajstić information content (AvgIpc) is 3.06. The second kappa shape index (κ2) is 7.86. The summed E-state index contributed by atoms with van der Waals surface area (Å²) >= 11 is 0. The lowest BCUT2D eigenvalue weighted by atomic mass is 9.98. The van der Waals surface area contributed by atoms with Gasteiger partial charge in [0.05, 0.1) is 18.5 Å². The molecular formula is C24H26N4O2. The molecule has 154 valence electrons. The van der Waals surface area contributed by atoms with Crippen LogP contribution in [-0.4, -0.2) is 33.4 Å². The van der Waals surface area contributed by atoms with E-state index in [4.69, 9.17) is 9.73 Å². The molecule has 6 nitrogen and oxygen atoms in total. The van der Waals surface area contributed by atoms with Gasteiger partial charge in [0.1, 0.15) is 23.4 Å². The second-order valence-electron chi connectivity index (χ2n) is 8.01. The fourth-order valence-electron chi connectivity index (χ4n) is 3.71. The highest BCUT2D eigenvalue weighted by Gasteiger charge is 2.30. The van der Waals surface area contributed by atoms with Crippen molar-refractivity contribution in [1.29, 1.82) is 0 Å². The second-order valence-corrected chi connectivity index (χ2v) is 8.01. The van der Waals surface area contributed by atoms with Crippen LogP contribution in [0.3, 0.4) is 0 Å². The van der Waals surface area contributed by atoms with Gasteiger partial charge < -0.3 is 4.74 Å².